The summed E-state index contributed by atoms with van der Waals surface area (Å²) in [6.45, 7) is 1.98. The molecule has 1 aromatic carbocycles. The lowest BCUT2D eigenvalue weighted by atomic mass is 9.93. The molecule has 0 spiro atoms. The van der Waals surface area contributed by atoms with E-state index in [4.69, 9.17) is 10.2 Å². The summed E-state index contributed by atoms with van der Waals surface area (Å²) in [4.78, 5) is 25.9. The number of aryl methyl sites for hydroxylation is 1. The molecule has 1 saturated carbocycles. The maximum atomic E-state index is 11.8. The Hall–Kier alpha value is -3.58. The fourth-order valence-corrected chi connectivity index (χ4v) is 3.93. The van der Waals surface area contributed by atoms with Crippen molar-refractivity contribution in [2.75, 3.05) is 0 Å². The maximum Gasteiger partial charge on any atom is 0.274 e. The van der Waals surface area contributed by atoms with Crippen LogP contribution in [0.5, 0.6) is 0 Å². The Balaban J connectivity index is 1.60. The van der Waals surface area contributed by atoms with Gasteiger partial charge in [-0.05, 0) is 55.7 Å². The van der Waals surface area contributed by atoms with Crippen molar-refractivity contribution in [1.29, 1.82) is 0 Å². The van der Waals surface area contributed by atoms with Gasteiger partial charge in [0, 0.05) is 18.0 Å². The summed E-state index contributed by atoms with van der Waals surface area (Å²) in [5.41, 5.74) is 6.33. The lowest BCUT2D eigenvalue weighted by Crippen LogP contribution is -2.20. The number of rotatable bonds is 4. The Labute approximate surface area is 167 Å². The molecule has 2 N–H and O–H groups in total. The molecule has 0 aliphatic heterocycles. The van der Waals surface area contributed by atoms with Crippen molar-refractivity contribution in [3.8, 4) is 11.4 Å². The predicted octanol–water partition coefficient (Wildman–Crippen LogP) is 3.30. The minimum atomic E-state index is -0.529. The first-order valence-corrected chi connectivity index (χ1v) is 9.45. The second-order valence-electron chi connectivity index (χ2n) is 7.34. The van der Waals surface area contributed by atoms with Gasteiger partial charge in [0.1, 0.15) is 11.5 Å². The van der Waals surface area contributed by atoms with Gasteiger partial charge in [-0.25, -0.2) is 20.4 Å². The number of aromatic nitrogens is 4. The van der Waals surface area contributed by atoms with Crippen LogP contribution in [0, 0.1) is 6.92 Å². The molecule has 7 heteroatoms. The van der Waals surface area contributed by atoms with Crippen molar-refractivity contribution in [3.63, 3.8) is 0 Å². The number of hydrogen-bond acceptors (Lipinski definition) is 5. The molecule has 3 aromatic heterocycles. The first-order valence-electron chi connectivity index (χ1n) is 9.45. The molecule has 0 radical (unpaired) electrons. The van der Waals surface area contributed by atoms with E-state index in [1.165, 1.54) is 0 Å². The van der Waals surface area contributed by atoms with Crippen LogP contribution in [0.15, 0.2) is 60.9 Å². The lowest BCUT2D eigenvalue weighted by Gasteiger charge is -2.16. The SMILES string of the molecule is Cc1nc2ccccn2c1-c1ccnc(C2(c3cccc(C(=O)NO)c3)CC2)n1. The average molecular weight is 385 g/mol. The highest BCUT2D eigenvalue weighted by molar-refractivity contribution is 5.93. The molecular formula is C22H19N5O2. The molecule has 0 unspecified atom stereocenters. The summed E-state index contributed by atoms with van der Waals surface area (Å²) in [7, 11) is 0. The number of carbonyl (C=O) groups excluding carboxylic acids is 1. The normalized spacial score (nSPS) is 14.7. The van der Waals surface area contributed by atoms with E-state index in [9.17, 15) is 4.79 Å². The summed E-state index contributed by atoms with van der Waals surface area (Å²) in [5.74, 6) is 0.209. The molecule has 5 rings (SSSR count). The highest BCUT2D eigenvalue weighted by Crippen LogP contribution is 2.52. The second-order valence-corrected chi connectivity index (χ2v) is 7.34. The van der Waals surface area contributed by atoms with E-state index >= 15 is 0 Å². The van der Waals surface area contributed by atoms with E-state index in [2.05, 4.69) is 9.97 Å². The molecule has 1 amide bonds. The number of hydrogen-bond donors (Lipinski definition) is 2. The van der Waals surface area contributed by atoms with Gasteiger partial charge < -0.3 is 0 Å². The number of imidazole rings is 1. The molecule has 4 aromatic rings. The molecular weight excluding hydrogens is 366 g/mol. The number of amides is 1. The molecule has 0 saturated heterocycles. The van der Waals surface area contributed by atoms with Gasteiger partial charge >= 0.3 is 0 Å². The number of carbonyl (C=O) groups is 1. The Morgan fingerprint density at radius 1 is 1.14 bits per heavy atom. The van der Waals surface area contributed by atoms with Crippen LogP contribution in [0.1, 0.15) is 40.3 Å². The Morgan fingerprint density at radius 3 is 2.79 bits per heavy atom. The molecule has 0 atom stereocenters. The number of fused-ring (bicyclic) bond motifs is 1. The first kappa shape index (κ1) is 17.5. The Morgan fingerprint density at radius 2 is 2.00 bits per heavy atom. The van der Waals surface area contributed by atoms with E-state index in [1.807, 2.05) is 53.9 Å². The zero-order valence-corrected chi connectivity index (χ0v) is 15.8. The smallest absolute Gasteiger partial charge is 0.274 e. The van der Waals surface area contributed by atoms with Crippen LogP contribution in [-0.4, -0.2) is 30.5 Å². The Kier molecular flexibility index (Phi) is 3.92. The van der Waals surface area contributed by atoms with Gasteiger partial charge in [-0.3, -0.25) is 14.4 Å². The van der Waals surface area contributed by atoms with Gasteiger partial charge in [-0.2, -0.15) is 0 Å². The summed E-state index contributed by atoms with van der Waals surface area (Å²) in [6, 6.07) is 15.1. The van der Waals surface area contributed by atoms with Crippen molar-refractivity contribution < 1.29 is 10.0 Å². The van der Waals surface area contributed by atoms with Crippen molar-refractivity contribution in [2.24, 2.45) is 0 Å². The molecule has 3 heterocycles. The molecule has 0 bridgehead atoms. The average Bonchev–Trinajstić information content (AvgIpc) is 3.50. The summed E-state index contributed by atoms with van der Waals surface area (Å²) in [5, 5.41) is 8.94. The molecule has 7 nitrogen and oxygen atoms in total. The van der Waals surface area contributed by atoms with E-state index < -0.39 is 5.91 Å². The quantitative estimate of drug-likeness (QED) is 0.415. The molecule has 1 aliphatic rings. The zero-order valence-electron chi connectivity index (χ0n) is 15.8. The largest absolute Gasteiger partial charge is 0.298 e. The van der Waals surface area contributed by atoms with Gasteiger partial charge in [0.15, 0.2) is 0 Å². The molecule has 29 heavy (non-hydrogen) atoms. The van der Waals surface area contributed by atoms with E-state index in [0.717, 1.165) is 47.0 Å². The van der Waals surface area contributed by atoms with Gasteiger partial charge in [0.25, 0.3) is 5.91 Å². The highest BCUT2D eigenvalue weighted by atomic mass is 16.5. The van der Waals surface area contributed by atoms with Crippen LogP contribution < -0.4 is 5.48 Å². The number of benzene rings is 1. The number of nitrogens with one attached hydrogen (secondary N) is 1. The summed E-state index contributed by atoms with van der Waals surface area (Å²) in [6.07, 6.45) is 5.58. The van der Waals surface area contributed by atoms with Crippen molar-refractivity contribution in [1.82, 2.24) is 24.8 Å². The van der Waals surface area contributed by atoms with E-state index in [1.54, 1.807) is 23.8 Å². The second kappa shape index (κ2) is 6.49. The van der Waals surface area contributed by atoms with Gasteiger partial charge in [-0.1, -0.05) is 18.2 Å². The molecule has 1 aliphatic carbocycles. The van der Waals surface area contributed by atoms with Crippen molar-refractivity contribution >= 4 is 11.6 Å². The maximum absolute atomic E-state index is 11.8. The zero-order chi connectivity index (χ0) is 20.0. The monoisotopic (exact) mass is 385 g/mol. The fraction of sp³-hybridized carbons (Fsp3) is 0.182. The van der Waals surface area contributed by atoms with Crippen molar-refractivity contribution in [3.05, 3.63) is 83.6 Å². The first-order chi connectivity index (χ1) is 14.1. The molecule has 1 fully saturated rings. The van der Waals surface area contributed by atoms with Gasteiger partial charge in [-0.15, -0.1) is 0 Å². The third kappa shape index (κ3) is 2.78. The van der Waals surface area contributed by atoms with E-state index in [-0.39, 0.29) is 5.41 Å². The lowest BCUT2D eigenvalue weighted by molar-refractivity contribution is 0.0706. The molecule has 144 valence electrons. The third-order valence-electron chi connectivity index (χ3n) is 5.56. The summed E-state index contributed by atoms with van der Waals surface area (Å²) >= 11 is 0. The van der Waals surface area contributed by atoms with Crippen LogP contribution in [0.4, 0.5) is 0 Å². The minimum absolute atomic E-state index is 0.309. The van der Waals surface area contributed by atoms with Gasteiger partial charge in [0.2, 0.25) is 0 Å². The van der Waals surface area contributed by atoms with Crippen LogP contribution in [0.3, 0.4) is 0 Å². The van der Waals surface area contributed by atoms with Crippen LogP contribution >= 0.6 is 0 Å². The number of pyridine rings is 1. The topological polar surface area (TPSA) is 92.4 Å². The highest BCUT2D eigenvalue weighted by Gasteiger charge is 2.49. The number of hydroxylamine groups is 1. The van der Waals surface area contributed by atoms with E-state index in [0.29, 0.717) is 5.56 Å². The number of nitrogens with zero attached hydrogens (tertiary/aromatic N) is 4. The van der Waals surface area contributed by atoms with Crippen molar-refractivity contribution in [2.45, 2.75) is 25.2 Å². The van der Waals surface area contributed by atoms with Crippen LogP contribution in [-0.2, 0) is 5.41 Å². The Bertz CT molecular complexity index is 1240. The summed E-state index contributed by atoms with van der Waals surface area (Å²) < 4.78 is 2.03. The standard InChI is InChI=1S/C22H19N5O2/c1-14-19(27-12-3-2-7-18(27)24-14)17-8-11-23-21(25-17)22(9-10-22)16-6-4-5-15(13-16)20(28)26-29/h2-8,11-13,29H,9-10H2,1H3,(H,26,28). The predicted molar refractivity (Wildman–Crippen MR) is 107 cm³/mol. The van der Waals surface area contributed by atoms with Gasteiger partial charge in [0.05, 0.1) is 22.5 Å². The third-order valence-corrected chi connectivity index (χ3v) is 5.56. The van der Waals surface area contributed by atoms with Crippen LogP contribution in [0.25, 0.3) is 17.0 Å². The fourth-order valence-electron chi connectivity index (χ4n) is 3.93. The van der Waals surface area contributed by atoms with Crippen LogP contribution in [0.2, 0.25) is 0 Å². The minimum Gasteiger partial charge on any atom is -0.298 e.